The summed E-state index contributed by atoms with van der Waals surface area (Å²) in [5.41, 5.74) is 0.299. The molecule has 0 spiro atoms. The highest BCUT2D eigenvalue weighted by Gasteiger charge is 2.33. The lowest BCUT2D eigenvalue weighted by atomic mass is 10.1. The second-order valence-corrected chi connectivity index (χ2v) is 5.13. The molecule has 24 heavy (non-hydrogen) atoms. The molecular formula is C16H13F3N4O. The van der Waals surface area contributed by atoms with Crippen LogP contribution in [0.25, 0.3) is 10.9 Å². The molecule has 8 heteroatoms. The smallest absolute Gasteiger partial charge is 0.350 e. The van der Waals surface area contributed by atoms with Crippen LogP contribution in [0.4, 0.5) is 13.2 Å². The van der Waals surface area contributed by atoms with E-state index in [4.69, 9.17) is 0 Å². The summed E-state index contributed by atoms with van der Waals surface area (Å²) in [7, 11) is 0. The lowest BCUT2D eigenvalue weighted by Crippen LogP contribution is -2.27. The van der Waals surface area contributed by atoms with Crippen molar-refractivity contribution in [2.75, 3.05) is 6.54 Å². The molecule has 5 nitrogen and oxygen atoms in total. The van der Waals surface area contributed by atoms with Crippen molar-refractivity contribution in [1.29, 1.82) is 0 Å². The Kier molecular flexibility index (Phi) is 4.20. The average molecular weight is 334 g/mol. The summed E-state index contributed by atoms with van der Waals surface area (Å²) < 4.78 is 38.5. The maximum atomic E-state index is 12.4. The van der Waals surface area contributed by atoms with Crippen molar-refractivity contribution in [3.8, 4) is 0 Å². The first-order valence-electron chi connectivity index (χ1n) is 7.17. The first kappa shape index (κ1) is 16.0. The average Bonchev–Trinajstić information content (AvgIpc) is 3.03. The minimum absolute atomic E-state index is 0.150. The summed E-state index contributed by atoms with van der Waals surface area (Å²) in [4.78, 5) is 16.3. The van der Waals surface area contributed by atoms with Gasteiger partial charge in [-0.05, 0) is 30.3 Å². The molecular weight excluding hydrogens is 321 g/mol. The van der Waals surface area contributed by atoms with Gasteiger partial charge in [0, 0.05) is 29.9 Å². The second kappa shape index (κ2) is 6.31. The van der Waals surface area contributed by atoms with Gasteiger partial charge in [-0.1, -0.05) is 6.07 Å². The number of benzene rings is 1. The number of alkyl halides is 3. The van der Waals surface area contributed by atoms with E-state index in [-0.39, 0.29) is 19.0 Å². The Balaban J connectivity index is 1.59. The van der Waals surface area contributed by atoms with E-state index in [1.165, 1.54) is 6.20 Å². The molecule has 0 aliphatic carbocycles. The summed E-state index contributed by atoms with van der Waals surface area (Å²) >= 11 is 0. The van der Waals surface area contributed by atoms with E-state index in [0.29, 0.717) is 5.56 Å². The zero-order valence-electron chi connectivity index (χ0n) is 12.4. The number of halogens is 3. The molecule has 1 N–H and O–H groups in total. The zero-order chi connectivity index (χ0) is 17.2. The third-order valence-electron chi connectivity index (χ3n) is 3.42. The molecule has 124 valence electrons. The van der Waals surface area contributed by atoms with E-state index < -0.39 is 11.9 Å². The van der Waals surface area contributed by atoms with Gasteiger partial charge < -0.3 is 5.32 Å². The predicted molar refractivity (Wildman–Crippen MR) is 81.3 cm³/mol. The second-order valence-electron chi connectivity index (χ2n) is 5.13. The Labute approximate surface area is 135 Å². The van der Waals surface area contributed by atoms with Crippen LogP contribution >= 0.6 is 0 Å². The van der Waals surface area contributed by atoms with Crippen LogP contribution in [-0.2, 0) is 12.7 Å². The first-order chi connectivity index (χ1) is 11.4. The highest BCUT2D eigenvalue weighted by Crippen LogP contribution is 2.27. The van der Waals surface area contributed by atoms with Gasteiger partial charge in [0.05, 0.1) is 12.1 Å². The number of carbonyl (C=O) groups is 1. The number of aromatic nitrogens is 3. The summed E-state index contributed by atoms with van der Waals surface area (Å²) in [6, 6.07) is 9.64. The third-order valence-corrected chi connectivity index (χ3v) is 3.42. The van der Waals surface area contributed by atoms with Crippen molar-refractivity contribution < 1.29 is 18.0 Å². The topological polar surface area (TPSA) is 59.8 Å². The van der Waals surface area contributed by atoms with E-state index in [1.807, 2.05) is 6.07 Å². The van der Waals surface area contributed by atoms with Gasteiger partial charge in [0.25, 0.3) is 5.91 Å². The van der Waals surface area contributed by atoms with Crippen LogP contribution in [0.1, 0.15) is 16.1 Å². The molecule has 2 aromatic heterocycles. The fourth-order valence-corrected chi connectivity index (χ4v) is 2.24. The number of nitrogens with zero attached hydrogens (tertiary/aromatic N) is 3. The molecule has 3 rings (SSSR count). The monoisotopic (exact) mass is 334 g/mol. The standard InChI is InChI=1S/C16H13F3N4O/c17-16(18,19)14-5-8-23(22-14)9-7-21-15(24)12-3-4-13-11(10-12)2-1-6-20-13/h1-6,8,10H,7,9H2,(H,21,24). The number of carbonyl (C=O) groups excluding carboxylic acids is 1. The van der Waals surface area contributed by atoms with Gasteiger partial charge in [-0.15, -0.1) is 0 Å². The van der Waals surface area contributed by atoms with Gasteiger partial charge in [-0.3, -0.25) is 14.5 Å². The van der Waals surface area contributed by atoms with Crippen molar-refractivity contribution in [2.45, 2.75) is 12.7 Å². The highest BCUT2D eigenvalue weighted by atomic mass is 19.4. The van der Waals surface area contributed by atoms with Gasteiger partial charge in [0.2, 0.25) is 0 Å². The summed E-state index contributed by atoms with van der Waals surface area (Å²) in [5, 5.41) is 6.92. The normalized spacial score (nSPS) is 11.6. The number of hydrogen-bond acceptors (Lipinski definition) is 3. The van der Waals surface area contributed by atoms with Crippen molar-refractivity contribution in [3.05, 3.63) is 60.0 Å². The van der Waals surface area contributed by atoms with E-state index in [1.54, 1.807) is 30.5 Å². The third kappa shape index (κ3) is 3.53. The van der Waals surface area contributed by atoms with Crippen LogP contribution in [0.3, 0.4) is 0 Å². The quantitative estimate of drug-likeness (QED) is 0.798. The molecule has 0 unspecified atom stereocenters. The van der Waals surface area contributed by atoms with E-state index in [0.717, 1.165) is 21.7 Å². The minimum atomic E-state index is -4.46. The minimum Gasteiger partial charge on any atom is -0.350 e. The Morgan fingerprint density at radius 1 is 1.21 bits per heavy atom. The molecule has 0 aliphatic rings. The van der Waals surface area contributed by atoms with Crippen molar-refractivity contribution in [1.82, 2.24) is 20.1 Å². The first-order valence-corrected chi connectivity index (χ1v) is 7.17. The van der Waals surface area contributed by atoms with Crippen molar-refractivity contribution >= 4 is 16.8 Å². The Bertz CT molecular complexity index is 873. The molecule has 2 heterocycles. The van der Waals surface area contributed by atoms with E-state index >= 15 is 0 Å². The zero-order valence-corrected chi connectivity index (χ0v) is 12.4. The number of fused-ring (bicyclic) bond motifs is 1. The number of hydrogen-bond donors (Lipinski definition) is 1. The largest absolute Gasteiger partial charge is 0.435 e. The molecule has 3 aromatic rings. The van der Waals surface area contributed by atoms with Crippen LogP contribution in [0, 0.1) is 0 Å². The van der Waals surface area contributed by atoms with Crippen molar-refractivity contribution in [3.63, 3.8) is 0 Å². The SMILES string of the molecule is O=C(NCCn1ccc(C(F)(F)F)n1)c1ccc2ncccc2c1. The lowest BCUT2D eigenvalue weighted by molar-refractivity contribution is -0.141. The van der Waals surface area contributed by atoms with E-state index in [2.05, 4.69) is 15.4 Å². The van der Waals surface area contributed by atoms with Crippen LogP contribution < -0.4 is 5.32 Å². The molecule has 0 atom stereocenters. The Morgan fingerprint density at radius 2 is 2.04 bits per heavy atom. The highest BCUT2D eigenvalue weighted by molar-refractivity contribution is 5.97. The van der Waals surface area contributed by atoms with E-state index in [9.17, 15) is 18.0 Å². The predicted octanol–water partition coefficient (Wildman–Crippen LogP) is 2.88. The lowest BCUT2D eigenvalue weighted by Gasteiger charge is -2.07. The van der Waals surface area contributed by atoms with Gasteiger partial charge in [0.1, 0.15) is 0 Å². The van der Waals surface area contributed by atoms with Gasteiger partial charge in [-0.25, -0.2) is 0 Å². The molecule has 1 aromatic carbocycles. The molecule has 0 bridgehead atoms. The number of nitrogens with one attached hydrogen (secondary N) is 1. The van der Waals surface area contributed by atoms with Gasteiger partial charge in [-0.2, -0.15) is 18.3 Å². The molecule has 0 radical (unpaired) electrons. The molecule has 0 aliphatic heterocycles. The molecule has 0 saturated carbocycles. The Morgan fingerprint density at radius 3 is 2.79 bits per heavy atom. The number of pyridine rings is 1. The van der Waals surface area contributed by atoms with Gasteiger partial charge in [0.15, 0.2) is 5.69 Å². The van der Waals surface area contributed by atoms with Crippen molar-refractivity contribution in [2.24, 2.45) is 0 Å². The molecule has 0 fully saturated rings. The summed E-state index contributed by atoms with van der Waals surface area (Å²) in [5.74, 6) is -0.302. The molecule has 0 saturated heterocycles. The van der Waals surface area contributed by atoms with Crippen LogP contribution in [0.5, 0.6) is 0 Å². The fourth-order valence-electron chi connectivity index (χ4n) is 2.24. The van der Waals surface area contributed by atoms with Gasteiger partial charge >= 0.3 is 6.18 Å². The maximum Gasteiger partial charge on any atom is 0.435 e. The van der Waals surface area contributed by atoms with Crippen LogP contribution in [-0.4, -0.2) is 27.2 Å². The summed E-state index contributed by atoms with van der Waals surface area (Å²) in [6.45, 7) is 0.319. The van der Waals surface area contributed by atoms with Crippen LogP contribution in [0.2, 0.25) is 0 Å². The fraction of sp³-hybridized carbons (Fsp3) is 0.188. The summed E-state index contributed by atoms with van der Waals surface area (Å²) in [6.07, 6.45) is -1.56. The number of amides is 1. The molecule has 1 amide bonds. The maximum absolute atomic E-state index is 12.4. The van der Waals surface area contributed by atoms with Crippen LogP contribution in [0.15, 0.2) is 48.8 Å². The number of rotatable bonds is 4. The Hall–Kier alpha value is -2.90.